The van der Waals surface area contributed by atoms with E-state index in [-0.39, 0.29) is 42.4 Å². The maximum atomic E-state index is 12.5. The fourth-order valence-corrected chi connectivity index (χ4v) is 4.75. The highest BCUT2D eigenvalue weighted by atomic mass is 127. The number of aliphatic imine (C=N–C) groups is 1. The van der Waals surface area contributed by atoms with Gasteiger partial charge in [-0.2, -0.15) is 4.31 Å². The van der Waals surface area contributed by atoms with Gasteiger partial charge in [0.2, 0.25) is 10.0 Å². The van der Waals surface area contributed by atoms with E-state index < -0.39 is 10.0 Å². The molecule has 2 aliphatic rings. The summed E-state index contributed by atoms with van der Waals surface area (Å²) in [7, 11) is -3.28. The van der Waals surface area contributed by atoms with Gasteiger partial charge >= 0.3 is 0 Å². The third-order valence-corrected chi connectivity index (χ3v) is 6.98. The fraction of sp³-hybridized carbons (Fsp3) is 0.950. The van der Waals surface area contributed by atoms with Gasteiger partial charge in [-0.1, -0.05) is 0 Å². The van der Waals surface area contributed by atoms with Crippen LogP contribution in [0.3, 0.4) is 0 Å². The molecular formula is C20H41IN4O5S. The zero-order valence-electron chi connectivity index (χ0n) is 19.3. The van der Waals surface area contributed by atoms with Crippen LogP contribution in [0.15, 0.2) is 4.99 Å². The highest BCUT2D eigenvalue weighted by Gasteiger charge is 2.28. The van der Waals surface area contributed by atoms with Gasteiger partial charge in [0, 0.05) is 59.1 Å². The third-order valence-electron chi connectivity index (χ3n) is 5.14. The SMILES string of the molecule is CCNC(=NCCCOC1CCOCC1)N1CCN(S(=O)(=O)CCOC(C)C)CC1.I. The summed E-state index contributed by atoms with van der Waals surface area (Å²) >= 11 is 0. The minimum atomic E-state index is -3.28. The highest BCUT2D eigenvalue weighted by Crippen LogP contribution is 2.11. The minimum absolute atomic E-state index is 0. The molecular weight excluding hydrogens is 535 g/mol. The zero-order chi connectivity index (χ0) is 21.8. The van der Waals surface area contributed by atoms with E-state index in [0.717, 1.165) is 45.0 Å². The molecule has 0 aromatic carbocycles. The normalized spacial score (nSPS) is 19.5. The Morgan fingerprint density at radius 1 is 1.16 bits per heavy atom. The van der Waals surface area contributed by atoms with E-state index in [4.69, 9.17) is 19.2 Å². The molecule has 2 aliphatic heterocycles. The van der Waals surface area contributed by atoms with Crippen molar-refractivity contribution in [2.24, 2.45) is 4.99 Å². The topological polar surface area (TPSA) is 92.7 Å². The van der Waals surface area contributed by atoms with Crippen molar-refractivity contribution < 1.29 is 22.6 Å². The lowest BCUT2D eigenvalue weighted by atomic mass is 10.1. The molecule has 2 heterocycles. The summed E-state index contributed by atoms with van der Waals surface area (Å²) in [6, 6.07) is 0. The monoisotopic (exact) mass is 576 g/mol. The van der Waals surface area contributed by atoms with E-state index in [2.05, 4.69) is 10.2 Å². The summed E-state index contributed by atoms with van der Waals surface area (Å²) in [4.78, 5) is 6.85. The molecule has 184 valence electrons. The van der Waals surface area contributed by atoms with E-state index in [1.807, 2.05) is 20.8 Å². The van der Waals surface area contributed by atoms with Crippen LogP contribution in [-0.4, -0.2) is 107 Å². The van der Waals surface area contributed by atoms with Gasteiger partial charge in [0.05, 0.1) is 24.6 Å². The number of guanidine groups is 1. The van der Waals surface area contributed by atoms with Gasteiger partial charge in [0.25, 0.3) is 0 Å². The van der Waals surface area contributed by atoms with Gasteiger partial charge < -0.3 is 24.4 Å². The van der Waals surface area contributed by atoms with E-state index in [1.165, 1.54) is 0 Å². The first kappa shape index (κ1) is 28.8. The molecule has 2 rings (SSSR count). The fourth-order valence-electron chi connectivity index (χ4n) is 3.46. The second kappa shape index (κ2) is 15.6. The van der Waals surface area contributed by atoms with Crippen molar-refractivity contribution in [2.75, 3.05) is 71.4 Å². The van der Waals surface area contributed by atoms with Gasteiger partial charge in [-0.3, -0.25) is 4.99 Å². The Kier molecular flexibility index (Phi) is 14.5. The predicted octanol–water partition coefficient (Wildman–Crippen LogP) is 1.53. The van der Waals surface area contributed by atoms with E-state index in [0.29, 0.717) is 45.4 Å². The summed E-state index contributed by atoms with van der Waals surface area (Å²) in [5, 5.41) is 3.32. The maximum Gasteiger partial charge on any atom is 0.216 e. The summed E-state index contributed by atoms with van der Waals surface area (Å²) in [6.45, 7) is 12.1. The molecule has 31 heavy (non-hydrogen) atoms. The van der Waals surface area contributed by atoms with E-state index in [9.17, 15) is 8.42 Å². The molecule has 0 saturated carbocycles. The first-order valence-electron chi connectivity index (χ1n) is 11.2. The molecule has 0 unspecified atom stereocenters. The molecule has 0 aromatic rings. The molecule has 9 nitrogen and oxygen atoms in total. The average molecular weight is 577 g/mol. The molecule has 2 fully saturated rings. The van der Waals surface area contributed by atoms with E-state index >= 15 is 0 Å². The Balaban J connectivity index is 0.00000480. The lowest BCUT2D eigenvalue weighted by Gasteiger charge is -2.36. The quantitative estimate of drug-likeness (QED) is 0.173. The summed E-state index contributed by atoms with van der Waals surface area (Å²) < 4.78 is 43.2. The van der Waals surface area contributed by atoms with Crippen molar-refractivity contribution in [1.82, 2.24) is 14.5 Å². The molecule has 0 spiro atoms. The third kappa shape index (κ3) is 11.0. The number of piperazine rings is 1. The van der Waals surface area contributed by atoms with Crippen molar-refractivity contribution in [2.45, 2.75) is 52.2 Å². The predicted molar refractivity (Wildman–Crippen MR) is 134 cm³/mol. The number of ether oxygens (including phenoxy) is 3. The molecule has 0 amide bonds. The number of sulfonamides is 1. The lowest BCUT2D eigenvalue weighted by Crippen LogP contribution is -2.54. The number of rotatable bonds is 11. The molecule has 0 atom stereocenters. The van der Waals surface area contributed by atoms with Gasteiger partial charge in [0.1, 0.15) is 0 Å². The Bertz CT molecular complexity index is 607. The van der Waals surface area contributed by atoms with Gasteiger partial charge in [0.15, 0.2) is 5.96 Å². The van der Waals surface area contributed by atoms with Crippen LogP contribution in [-0.2, 0) is 24.2 Å². The Hall–Kier alpha value is -0.210. The van der Waals surface area contributed by atoms with Crippen LogP contribution in [0.25, 0.3) is 0 Å². The number of halogens is 1. The Morgan fingerprint density at radius 2 is 1.84 bits per heavy atom. The molecule has 0 bridgehead atoms. The smallest absolute Gasteiger partial charge is 0.216 e. The first-order valence-corrected chi connectivity index (χ1v) is 12.9. The van der Waals surface area contributed by atoms with Crippen molar-refractivity contribution in [3.05, 3.63) is 0 Å². The van der Waals surface area contributed by atoms with Crippen LogP contribution in [0.4, 0.5) is 0 Å². The number of hydrogen-bond donors (Lipinski definition) is 1. The van der Waals surface area contributed by atoms with Crippen molar-refractivity contribution in [1.29, 1.82) is 0 Å². The van der Waals surface area contributed by atoms with Crippen LogP contribution in [0.2, 0.25) is 0 Å². The van der Waals surface area contributed by atoms with Gasteiger partial charge in [-0.05, 0) is 40.0 Å². The van der Waals surface area contributed by atoms with Gasteiger partial charge in [-0.25, -0.2) is 8.42 Å². The number of nitrogens with one attached hydrogen (secondary N) is 1. The average Bonchev–Trinajstić information content (AvgIpc) is 2.73. The van der Waals surface area contributed by atoms with Crippen molar-refractivity contribution in [3.8, 4) is 0 Å². The standard InChI is InChI=1S/C20H40N4O5S.HI/c1-4-21-20(22-8-5-13-29-19-6-14-27-15-7-19)23-9-11-24(12-10-23)30(25,26)17-16-28-18(2)3;/h18-19H,4-17H2,1-3H3,(H,21,22);1H. The summed E-state index contributed by atoms with van der Waals surface area (Å²) in [5.41, 5.74) is 0. The second-order valence-corrected chi connectivity index (χ2v) is 9.98. The molecule has 0 radical (unpaired) electrons. The van der Waals surface area contributed by atoms with Crippen LogP contribution in [0, 0.1) is 0 Å². The van der Waals surface area contributed by atoms with Gasteiger partial charge in [-0.15, -0.1) is 24.0 Å². The molecule has 0 aromatic heterocycles. The molecule has 0 aliphatic carbocycles. The molecule has 11 heteroatoms. The van der Waals surface area contributed by atoms with Crippen molar-refractivity contribution >= 4 is 40.0 Å². The summed E-state index contributed by atoms with van der Waals surface area (Å²) in [5.74, 6) is 0.885. The molecule has 1 N–H and O–H groups in total. The second-order valence-electron chi connectivity index (χ2n) is 7.89. The molecule has 2 saturated heterocycles. The number of nitrogens with zero attached hydrogens (tertiary/aromatic N) is 3. The minimum Gasteiger partial charge on any atom is -0.381 e. The van der Waals surface area contributed by atoms with E-state index in [1.54, 1.807) is 4.31 Å². The Morgan fingerprint density at radius 3 is 2.45 bits per heavy atom. The number of hydrogen-bond acceptors (Lipinski definition) is 6. The first-order chi connectivity index (χ1) is 14.4. The van der Waals surface area contributed by atoms with Crippen LogP contribution in [0.5, 0.6) is 0 Å². The maximum absolute atomic E-state index is 12.5. The lowest BCUT2D eigenvalue weighted by molar-refractivity contribution is -0.0318. The van der Waals surface area contributed by atoms with Crippen molar-refractivity contribution in [3.63, 3.8) is 0 Å². The highest BCUT2D eigenvalue weighted by molar-refractivity contribution is 14.0. The summed E-state index contributed by atoms with van der Waals surface area (Å²) in [6.07, 6.45) is 3.18. The zero-order valence-corrected chi connectivity index (χ0v) is 22.4. The largest absolute Gasteiger partial charge is 0.381 e. The van der Waals surface area contributed by atoms with Crippen LogP contribution >= 0.6 is 24.0 Å². The van der Waals surface area contributed by atoms with Crippen LogP contribution < -0.4 is 5.32 Å². The Labute approximate surface area is 205 Å². The van der Waals surface area contributed by atoms with Crippen LogP contribution in [0.1, 0.15) is 40.0 Å².